The molecule has 6 nitrogen and oxygen atoms in total. The SMILES string of the molecule is CC1(C)c2ccccc2N(c2ccccc2)c2ccc(-c3ccc4c(c3)c3cc5sc(-c6ccccc6)nc5cc3n4-c3cccc(-c4nc(-c5ccccc5)nc(-c5ccccc5)n4)c3)cc21. The van der Waals surface area contributed by atoms with Gasteiger partial charge in [0.1, 0.15) is 5.01 Å². The quantitative estimate of drug-likeness (QED) is 0.160. The molecule has 1 aliphatic heterocycles. The smallest absolute Gasteiger partial charge is 0.164 e. The summed E-state index contributed by atoms with van der Waals surface area (Å²) in [7, 11) is 0. The Kier molecular flexibility index (Phi) is 9.27. The lowest BCUT2D eigenvalue weighted by Crippen LogP contribution is -2.30. The van der Waals surface area contributed by atoms with Gasteiger partial charge in [-0.1, -0.05) is 166 Å². The summed E-state index contributed by atoms with van der Waals surface area (Å²) < 4.78 is 3.53. The number of nitrogens with zero attached hydrogens (tertiary/aromatic N) is 6. The van der Waals surface area contributed by atoms with Crippen molar-refractivity contribution in [2.75, 3.05) is 4.90 Å². The maximum absolute atomic E-state index is 5.22. The second-order valence-corrected chi connectivity index (χ2v) is 19.0. The van der Waals surface area contributed by atoms with E-state index in [1.165, 1.54) is 38.8 Å². The molecule has 4 heterocycles. The fourth-order valence-corrected chi connectivity index (χ4v) is 11.1. The predicted octanol–water partition coefficient (Wildman–Crippen LogP) is 16.0. The highest BCUT2D eigenvalue weighted by Gasteiger charge is 2.37. The van der Waals surface area contributed by atoms with E-state index in [0.717, 1.165) is 65.4 Å². The first-order chi connectivity index (χ1) is 33.4. The van der Waals surface area contributed by atoms with Gasteiger partial charge in [0.05, 0.1) is 32.6 Å². The summed E-state index contributed by atoms with van der Waals surface area (Å²) in [6, 6.07) is 77.4. The van der Waals surface area contributed by atoms with Crippen molar-refractivity contribution < 1.29 is 0 Å². The largest absolute Gasteiger partial charge is 0.310 e. The molecule has 0 atom stereocenters. The minimum absolute atomic E-state index is 0.227. The zero-order valence-electron chi connectivity index (χ0n) is 37.4. The van der Waals surface area contributed by atoms with Gasteiger partial charge < -0.3 is 9.47 Å². The van der Waals surface area contributed by atoms with Crippen molar-refractivity contribution in [3.63, 3.8) is 0 Å². The van der Waals surface area contributed by atoms with Crippen LogP contribution in [-0.4, -0.2) is 24.5 Å². The second kappa shape index (κ2) is 15.8. The van der Waals surface area contributed by atoms with Gasteiger partial charge in [0, 0.05) is 49.8 Å². The van der Waals surface area contributed by atoms with Crippen molar-refractivity contribution >= 4 is 60.4 Å². The Labute approximate surface area is 398 Å². The number of aromatic nitrogens is 5. The summed E-state index contributed by atoms with van der Waals surface area (Å²) >= 11 is 1.74. The molecule has 0 amide bonds. The highest BCUT2D eigenvalue weighted by atomic mass is 32.1. The van der Waals surface area contributed by atoms with Crippen LogP contribution in [0, 0.1) is 0 Å². The molecule has 0 fully saturated rings. The number of benzene rings is 9. The fraction of sp³-hybridized carbons (Fsp3) is 0.0492. The molecule has 68 heavy (non-hydrogen) atoms. The van der Waals surface area contributed by atoms with Gasteiger partial charge in [-0.15, -0.1) is 11.3 Å². The summed E-state index contributed by atoms with van der Waals surface area (Å²) in [6.07, 6.45) is 0. The van der Waals surface area contributed by atoms with E-state index in [1.807, 2.05) is 60.7 Å². The Balaban J connectivity index is 0.993. The van der Waals surface area contributed by atoms with Crippen LogP contribution >= 0.6 is 11.3 Å². The zero-order valence-corrected chi connectivity index (χ0v) is 38.2. The average molecular weight is 891 g/mol. The standard InChI is InChI=1S/C61H42N6S/c1-61(2)49-28-15-16-29-53(49)66(45-25-13-6-14-26-45)54-33-31-43(36-50(54)61)42-30-32-52-47(35-42)48-37-56-51(62-60(68-56)41-22-11-5-12-23-41)38-55(48)67(52)46-27-17-24-44(34-46)59-64-57(39-18-7-3-8-19-39)63-58(65-59)40-20-9-4-10-21-40/h3-38H,1-2H3. The van der Waals surface area contributed by atoms with E-state index in [0.29, 0.717) is 17.5 Å². The molecule has 7 heteroatoms. The molecule has 0 bridgehead atoms. The maximum Gasteiger partial charge on any atom is 0.164 e. The first-order valence-electron chi connectivity index (χ1n) is 23.0. The molecular formula is C61H42N6S. The molecule has 9 aromatic carbocycles. The van der Waals surface area contributed by atoms with Gasteiger partial charge in [0.25, 0.3) is 0 Å². The molecule has 322 valence electrons. The first-order valence-corrected chi connectivity index (χ1v) is 23.8. The van der Waals surface area contributed by atoms with Crippen molar-refractivity contribution in [3.8, 4) is 61.5 Å². The van der Waals surface area contributed by atoms with E-state index < -0.39 is 0 Å². The van der Waals surface area contributed by atoms with Crippen LogP contribution in [0.3, 0.4) is 0 Å². The number of rotatable bonds is 7. The zero-order chi connectivity index (χ0) is 45.3. The number of para-hydroxylation sites is 2. The van der Waals surface area contributed by atoms with E-state index in [4.69, 9.17) is 19.9 Å². The predicted molar refractivity (Wildman–Crippen MR) is 281 cm³/mol. The maximum atomic E-state index is 5.22. The minimum atomic E-state index is -0.227. The third kappa shape index (κ3) is 6.62. The number of thiazole rings is 1. The highest BCUT2D eigenvalue weighted by molar-refractivity contribution is 7.21. The topological polar surface area (TPSA) is 59.7 Å². The van der Waals surface area contributed by atoms with Gasteiger partial charge >= 0.3 is 0 Å². The van der Waals surface area contributed by atoms with Crippen molar-refractivity contribution in [2.24, 2.45) is 0 Å². The van der Waals surface area contributed by atoms with E-state index in [9.17, 15) is 0 Å². The molecule has 0 saturated heterocycles. The van der Waals surface area contributed by atoms with Crippen LogP contribution in [0.1, 0.15) is 25.0 Å². The third-order valence-electron chi connectivity index (χ3n) is 13.4. The summed E-state index contributed by atoms with van der Waals surface area (Å²) in [6.45, 7) is 4.71. The van der Waals surface area contributed by atoms with E-state index in [-0.39, 0.29) is 5.41 Å². The average Bonchev–Trinajstić information content (AvgIpc) is 3.97. The molecule has 0 unspecified atom stereocenters. The fourth-order valence-electron chi connectivity index (χ4n) is 10.1. The summed E-state index contributed by atoms with van der Waals surface area (Å²) in [5, 5.41) is 3.35. The number of fused-ring (bicyclic) bond motifs is 6. The Morgan fingerprint density at radius 1 is 0.382 bits per heavy atom. The molecule has 12 aromatic rings. The van der Waals surface area contributed by atoms with Gasteiger partial charge in [-0.05, 0) is 89.0 Å². The van der Waals surface area contributed by atoms with E-state index in [2.05, 4.69) is 181 Å². The van der Waals surface area contributed by atoms with Crippen LogP contribution in [0.2, 0.25) is 0 Å². The molecule has 1 aliphatic rings. The van der Waals surface area contributed by atoms with Crippen LogP contribution < -0.4 is 4.90 Å². The van der Waals surface area contributed by atoms with Crippen molar-refractivity contribution in [3.05, 3.63) is 230 Å². The molecule has 3 aromatic heterocycles. The van der Waals surface area contributed by atoms with Crippen LogP contribution in [0.25, 0.3) is 93.6 Å². The summed E-state index contributed by atoms with van der Waals surface area (Å²) in [5.74, 6) is 1.87. The molecule has 0 aliphatic carbocycles. The normalized spacial score (nSPS) is 12.9. The minimum Gasteiger partial charge on any atom is -0.310 e. The molecule has 0 radical (unpaired) electrons. The summed E-state index contributed by atoms with van der Waals surface area (Å²) in [4.78, 5) is 22.8. The molecular weight excluding hydrogens is 849 g/mol. The number of anilines is 3. The third-order valence-corrected chi connectivity index (χ3v) is 14.5. The Hall–Kier alpha value is -8.52. The Bertz CT molecular complexity index is 3820. The van der Waals surface area contributed by atoms with Crippen molar-refractivity contribution in [1.29, 1.82) is 0 Å². The molecule has 0 saturated carbocycles. The summed E-state index contributed by atoms with van der Waals surface area (Å²) in [5.41, 5.74) is 16.3. The van der Waals surface area contributed by atoms with Crippen LogP contribution in [0.15, 0.2) is 218 Å². The molecule has 13 rings (SSSR count). The van der Waals surface area contributed by atoms with Crippen LogP contribution in [0.4, 0.5) is 17.1 Å². The van der Waals surface area contributed by atoms with Crippen LogP contribution in [-0.2, 0) is 5.41 Å². The van der Waals surface area contributed by atoms with Gasteiger partial charge in [-0.25, -0.2) is 19.9 Å². The Morgan fingerprint density at radius 3 is 1.63 bits per heavy atom. The number of hydrogen-bond donors (Lipinski definition) is 0. The lowest BCUT2D eigenvalue weighted by Gasteiger charge is -2.42. The first kappa shape index (κ1) is 39.8. The highest BCUT2D eigenvalue weighted by Crippen LogP contribution is 2.53. The molecule has 0 spiro atoms. The van der Waals surface area contributed by atoms with Crippen LogP contribution in [0.5, 0.6) is 0 Å². The van der Waals surface area contributed by atoms with Gasteiger partial charge in [-0.3, -0.25) is 0 Å². The van der Waals surface area contributed by atoms with Crippen molar-refractivity contribution in [1.82, 2.24) is 24.5 Å². The number of hydrogen-bond acceptors (Lipinski definition) is 6. The van der Waals surface area contributed by atoms with Gasteiger partial charge in [-0.2, -0.15) is 0 Å². The van der Waals surface area contributed by atoms with Crippen molar-refractivity contribution in [2.45, 2.75) is 19.3 Å². The lowest BCUT2D eigenvalue weighted by atomic mass is 9.73. The van der Waals surface area contributed by atoms with Gasteiger partial charge in [0.15, 0.2) is 17.5 Å². The molecule has 0 N–H and O–H groups in total. The lowest BCUT2D eigenvalue weighted by molar-refractivity contribution is 0.632. The van der Waals surface area contributed by atoms with Gasteiger partial charge in [0.2, 0.25) is 0 Å². The monoisotopic (exact) mass is 890 g/mol. The second-order valence-electron chi connectivity index (χ2n) is 17.9. The van der Waals surface area contributed by atoms with E-state index >= 15 is 0 Å². The Morgan fingerprint density at radius 2 is 0.926 bits per heavy atom. The van der Waals surface area contributed by atoms with E-state index in [1.54, 1.807) is 11.3 Å².